The number of hydrogen-bond acceptors (Lipinski definition) is 3. The topological polar surface area (TPSA) is 43.2 Å². The Hall–Kier alpha value is -2.01. The van der Waals surface area contributed by atoms with Crippen LogP contribution in [0, 0.1) is 5.92 Å². The van der Waals surface area contributed by atoms with Gasteiger partial charge in [0.15, 0.2) is 11.5 Å². The van der Waals surface area contributed by atoms with Crippen LogP contribution in [-0.2, 0) is 0 Å². The number of benzene rings is 1. The third-order valence-corrected chi connectivity index (χ3v) is 6.29. The Bertz CT molecular complexity index is 703. The van der Waals surface area contributed by atoms with Crippen molar-refractivity contribution in [1.82, 2.24) is 4.90 Å². The maximum atomic E-state index is 13.4. The van der Waals surface area contributed by atoms with Crippen LogP contribution in [0.2, 0.25) is 0 Å². The molecule has 5 nitrogen and oxygen atoms in total. The van der Waals surface area contributed by atoms with Crippen molar-refractivity contribution < 1.29 is 19.2 Å². The molecule has 0 saturated carbocycles. The van der Waals surface area contributed by atoms with Crippen molar-refractivity contribution in [3.63, 3.8) is 0 Å². The molecule has 0 radical (unpaired) electrons. The molecule has 2 aliphatic heterocycles. The number of allylic oxidation sites excluding steroid dienone is 2. The van der Waals surface area contributed by atoms with Gasteiger partial charge in [-0.1, -0.05) is 12.2 Å². The van der Waals surface area contributed by atoms with Gasteiger partial charge in [-0.25, -0.2) is 0 Å². The molecule has 1 unspecified atom stereocenters. The summed E-state index contributed by atoms with van der Waals surface area (Å²) in [6.07, 6.45) is 10.4. The fourth-order valence-electron chi connectivity index (χ4n) is 4.72. The number of likely N-dealkylation sites (N-methyl/N-ethyl adjacent to an activating group) is 1. The Morgan fingerprint density at radius 2 is 2.07 bits per heavy atom. The highest BCUT2D eigenvalue weighted by Gasteiger charge is 2.32. The van der Waals surface area contributed by atoms with Crippen molar-refractivity contribution in [2.45, 2.75) is 45.1 Å². The van der Waals surface area contributed by atoms with Crippen molar-refractivity contribution in [2.24, 2.45) is 5.92 Å². The van der Waals surface area contributed by atoms with E-state index in [2.05, 4.69) is 24.0 Å². The average molecular weight is 372 g/mol. The molecule has 2 heterocycles. The normalized spacial score (nSPS) is 26.3. The van der Waals surface area contributed by atoms with Crippen LogP contribution in [0.5, 0.6) is 11.5 Å². The number of nitrogens with zero attached hydrogens (tertiary/aromatic N) is 1. The molecule has 1 aromatic rings. The first-order valence-corrected chi connectivity index (χ1v) is 10.4. The highest BCUT2D eigenvalue weighted by atomic mass is 16.7. The van der Waals surface area contributed by atoms with Gasteiger partial charge in [-0.15, -0.1) is 0 Å². The lowest BCUT2D eigenvalue weighted by Crippen LogP contribution is -3.14. The highest BCUT2D eigenvalue weighted by Crippen LogP contribution is 2.33. The molecule has 0 bridgehead atoms. The van der Waals surface area contributed by atoms with Gasteiger partial charge in [-0.3, -0.25) is 4.79 Å². The van der Waals surface area contributed by atoms with Crippen LogP contribution >= 0.6 is 0 Å². The number of carbonyl (C=O) groups is 1. The summed E-state index contributed by atoms with van der Waals surface area (Å²) in [6.45, 7) is 6.58. The third-order valence-electron chi connectivity index (χ3n) is 6.29. The fourth-order valence-corrected chi connectivity index (χ4v) is 4.72. The predicted molar refractivity (Wildman–Crippen MR) is 104 cm³/mol. The standard InChI is InChI=1S/C22H30N2O3/c1-2-23-12-6-9-19(23)15-24(14-17-7-4-3-5-8-17)22(25)18-10-11-20-21(13-18)27-16-26-20/h3-4,10-11,13,17,19H,2,5-9,12,14-16H2,1H3/p+1/t17-,19-/m0/s1. The van der Waals surface area contributed by atoms with E-state index < -0.39 is 0 Å². The summed E-state index contributed by atoms with van der Waals surface area (Å²) >= 11 is 0. The van der Waals surface area contributed by atoms with Crippen LogP contribution in [0.15, 0.2) is 30.4 Å². The monoisotopic (exact) mass is 371 g/mol. The molecule has 0 aromatic heterocycles. The molecular formula is C22H31N2O3+. The van der Waals surface area contributed by atoms with Gasteiger partial charge in [0, 0.05) is 24.9 Å². The second kappa shape index (κ2) is 8.34. The van der Waals surface area contributed by atoms with E-state index in [4.69, 9.17) is 9.47 Å². The van der Waals surface area contributed by atoms with E-state index in [1.807, 2.05) is 18.2 Å². The average Bonchev–Trinajstić information content (AvgIpc) is 3.36. The Labute approximate surface area is 161 Å². The number of quaternary nitrogens is 1. The van der Waals surface area contributed by atoms with E-state index in [0.717, 1.165) is 38.2 Å². The quantitative estimate of drug-likeness (QED) is 0.781. The molecule has 3 atom stereocenters. The first-order valence-electron chi connectivity index (χ1n) is 10.4. The first kappa shape index (κ1) is 18.4. The number of amides is 1. The van der Waals surface area contributed by atoms with Gasteiger partial charge in [0.05, 0.1) is 19.6 Å². The minimum absolute atomic E-state index is 0.130. The van der Waals surface area contributed by atoms with Crippen molar-refractivity contribution in [3.8, 4) is 11.5 Å². The molecule has 1 N–H and O–H groups in total. The van der Waals surface area contributed by atoms with E-state index in [-0.39, 0.29) is 12.7 Å². The number of hydrogen-bond donors (Lipinski definition) is 1. The zero-order valence-corrected chi connectivity index (χ0v) is 16.3. The molecule has 5 heteroatoms. The van der Waals surface area contributed by atoms with Crippen molar-refractivity contribution in [2.75, 3.05) is 33.0 Å². The molecule has 3 aliphatic rings. The fraction of sp³-hybridized carbons (Fsp3) is 0.591. The lowest BCUT2D eigenvalue weighted by atomic mass is 9.93. The summed E-state index contributed by atoms with van der Waals surface area (Å²) < 4.78 is 10.9. The number of likely N-dealkylation sites (tertiary alicyclic amines) is 1. The van der Waals surface area contributed by atoms with Crippen LogP contribution in [0.4, 0.5) is 0 Å². The molecule has 146 valence electrons. The largest absolute Gasteiger partial charge is 0.454 e. The molecule has 1 amide bonds. The van der Waals surface area contributed by atoms with Crippen LogP contribution < -0.4 is 14.4 Å². The van der Waals surface area contributed by atoms with Crippen molar-refractivity contribution >= 4 is 5.91 Å². The summed E-state index contributed by atoms with van der Waals surface area (Å²) in [5.74, 6) is 2.11. The molecule has 4 rings (SSSR count). The van der Waals surface area contributed by atoms with E-state index >= 15 is 0 Å². The van der Waals surface area contributed by atoms with Crippen LogP contribution in [-0.4, -0.2) is 49.8 Å². The molecular weight excluding hydrogens is 340 g/mol. The van der Waals surface area contributed by atoms with Crippen LogP contribution in [0.25, 0.3) is 0 Å². The summed E-state index contributed by atoms with van der Waals surface area (Å²) in [6, 6.07) is 6.14. The minimum Gasteiger partial charge on any atom is -0.454 e. The minimum atomic E-state index is 0.130. The van der Waals surface area contributed by atoms with Gasteiger partial charge in [0.1, 0.15) is 6.04 Å². The van der Waals surface area contributed by atoms with Gasteiger partial charge >= 0.3 is 0 Å². The second-order valence-electron chi connectivity index (χ2n) is 8.03. The molecule has 1 saturated heterocycles. The Morgan fingerprint density at radius 1 is 1.19 bits per heavy atom. The zero-order valence-electron chi connectivity index (χ0n) is 16.3. The SMILES string of the molecule is CC[NH+]1CCC[C@H]1CN(C[C@H]1CC=CCC1)C(=O)c1ccc2c(c1)OCO2. The number of nitrogens with one attached hydrogen (secondary N) is 1. The smallest absolute Gasteiger partial charge is 0.254 e. The Balaban J connectivity index is 1.52. The van der Waals surface area contributed by atoms with E-state index in [0.29, 0.717) is 23.3 Å². The third kappa shape index (κ3) is 4.13. The van der Waals surface area contributed by atoms with Crippen LogP contribution in [0.1, 0.15) is 49.4 Å². The number of ether oxygens (including phenoxy) is 2. The van der Waals surface area contributed by atoms with E-state index in [1.54, 1.807) is 4.90 Å². The maximum absolute atomic E-state index is 13.4. The molecule has 1 aliphatic carbocycles. The first-order chi connectivity index (χ1) is 13.2. The van der Waals surface area contributed by atoms with Crippen molar-refractivity contribution in [3.05, 3.63) is 35.9 Å². The second-order valence-corrected chi connectivity index (χ2v) is 8.03. The molecule has 1 aromatic carbocycles. The van der Waals surface area contributed by atoms with Crippen molar-refractivity contribution in [1.29, 1.82) is 0 Å². The summed E-state index contributed by atoms with van der Waals surface area (Å²) in [5.41, 5.74) is 0.710. The van der Waals surface area contributed by atoms with Crippen LogP contribution in [0.3, 0.4) is 0 Å². The number of fused-ring (bicyclic) bond motifs is 1. The van der Waals surface area contributed by atoms with Gasteiger partial charge < -0.3 is 19.3 Å². The molecule has 1 fully saturated rings. The predicted octanol–water partition coefficient (Wildman–Crippen LogP) is 2.28. The Morgan fingerprint density at radius 3 is 2.89 bits per heavy atom. The van der Waals surface area contributed by atoms with E-state index in [1.165, 1.54) is 25.8 Å². The number of carbonyl (C=O) groups excluding carboxylic acids is 1. The summed E-state index contributed by atoms with van der Waals surface area (Å²) in [5, 5.41) is 0. The maximum Gasteiger partial charge on any atom is 0.254 e. The zero-order chi connectivity index (χ0) is 18.6. The lowest BCUT2D eigenvalue weighted by Gasteiger charge is -2.32. The number of rotatable bonds is 6. The molecule has 0 spiro atoms. The summed E-state index contributed by atoms with van der Waals surface area (Å²) in [4.78, 5) is 17.2. The van der Waals surface area contributed by atoms with Gasteiger partial charge in [-0.2, -0.15) is 0 Å². The Kier molecular flexibility index (Phi) is 5.67. The van der Waals surface area contributed by atoms with Gasteiger partial charge in [0.25, 0.3) is 5.91 Å². The van der Waals surface area contributed by atoms with E-state index in [9.17, 15) is 4.79 Å². The highest BCUT2D eigenvalue weighted by molar-refractivity contribution is 5.95. The molecule has 27 heavy (non-hydrogen) atoms. The summed E-state index contributed by atoms with van der Waals surface area (Å²) in [7, 11) is 0. The lowest BCUT2D eigenvalue weighted by molar-refractivity contribution is -0.909. The van der Waals surface area contributed by atoms with Gasteiger partial charge in [-0.05, 0) is 50.3 Å². The van der Waals surface area contributed by atoms with Gasteiger partial charge in [0.2, 0.25) is 6.79 Å².